The number of primary amides is 1. The first-order valence-corrected chi connectivity index (χ1v) is 11.9. The number of likely N-dealkylation sites (tertiary alicyclic amines) is 1. The average molecular weight is 466 g/mol. The summed E-state index contributed by atoms with van der Waals surface area (Å²) in [6.07, 6.45) is 5.88. The van der Waals surface area contributed by atoms with Crippen LogP contribution >= 0.6 is 0 Å². The molecule has 0 aliphatic carbocycles. The Bertz CT molecular complexity index is 1200. The van der Waals surface area contributed by atoms with Crippen LogP contribution < -0.4 is 10.6 Å². The summed E-state index contributed by atoms with van der Waals surface area (Å²) in [5, 5.41) is 14.1. The Morgan fingerprint density at radius 2 is 2.06 bits per heavy atom. The van der Waals surface area contributed by atoms with Gasteiger partial charge in [0.25, 0.3) is 0 Å². The van der Waals surface area contributed by atoms with Crippen LogP contribution in [0.5, 0.6) is 0 Å². The highest BCUT2D eigenvalue weighted by Crippen LogP contribution is 2.36. The smallest absolute Gasteiger partial charge is 0.412 e. The van der Waals surface area contributed by atoms with Gasteiger partial charge in [0.05, 0.1) is 22.6 Å². The van der Waals surface area contributed by atoms with Gasteiger partial charge in [-0.15, -0.1) is 0 Å². The standard InChI is InChI=1S/C24H31N7O3/c1-16-3-4-18-19(31(16)24(33)34)5-6-20-22(18)27-21(8-12-29-10-2-9-26-29)30(20)14-13-28-11-7-17(15-28)23(25)32/h2,5-6,9-10,16-17H,3-4,7-8,11-15H2,1H3,(H2,25,32)(H,33,34). The zero-order chi connectivity index (χ0) is 23.8. The van der Waals surface area contributed by atoms with Crippen molar-refractivity contribution in [3.05, 3.63) is 42.0 Å². The fourth-order valence-electron chi connectivity index (χ4n) is 5.36. The number of amides is 2. The highest BCUT2D eigenvalue weighted by atomic mass is 16.4. The molecular weight excluding hydrogens is 434 g/mol. The molecule has 1 fully saturated rings. The Labute approximate surface area is 197 Å². The van der Waals surface area contributed by atoms with Crippen LogP contribution in [-0.2, 0) is 30.7 Å². The molecule has 0 saturated carbocycles. The second kappa shape index (κ2) is 9.09. The minimum atomic E-state index is -0.927. The van der Waals surface area contributed by atoms with E-state index in [9.17, 15) is 14.7 Å². The van der Waals surface area contributed by atoms with Crippen molar-refractivity contribution < 1.29 is 14.7 Å². The van der Waals surface area contributed by atoms with E-state index in [1.165, 1.54) is 4.90 Å². The van der Waals surface area contributed by atoms with E-state index in [1.54, 1.807) is 6.20 Å². The Kier molecular flexibility index (Phi) is 5.99. The molecule has 0 bridgehead atoms. The number of rotatable bonds is 7. The minimum Gasteiger partial charge on any atom is -0.465 e. The van der Waals surface area contributed by atoms with Gasteiger partial charge in [-0.3, -0.25) is 14.4 Å². The van der Waals surface area contributed by atoms with Crippen LogP contribution in [0.2, 0.25) is 0 Å². The van der Waals surface area contributed by atoms with Crippen molar-refractivity contribution in [1.29, 1.82) is 0 Å². The number of aromatic nitrogens is 4. The van der Waals surface area contributed by atoms with E-state index in [2.05, 4.69) is 14.6 Å². The largest absolute Gasteiger partial charge is 0.465 e. The molecule has 1 saturated heterocycles. The lowest BCUT2D eigenvalue weighted by Gasteiger charge is -2.33. The van der Waals surface area contributed by atoms with Gasteiger partial charge in [-0.1, -0.05) is 0 Å². The summed E-state index contributed by atoms with van der Waals surface area (Å²) in [7, 11) is 0. The molecule has 2 aliphatic heterocycles. The molecular formula is C24H31N7O3. The van der Waals surface area contributed by atoms with Crippen molar-refractivity contribution in [3.63, 3.8) is 0 Å². The van der Waals surface area contributed by atoms with Crippen LogP contribution in [0, 0.1) is 5.92 Å². The molecule has 10 nitrogen and oxygen atoms in total. The van der Waals surface area contributed by atoms with Gasteiger partial charge in [-0.2, -0.15) is 5.10 Å². The number of imidazole rings is 1. The SMILES string of the molecule is CC1CCc2c(ccc3c2nc(CCn2cccn2)n3CCN2CCC(C(N)=O)C2)N1C(=O)O. The molecule has 3 N–H and O–H groups in total. The average Bonchev–Trinajstić information content (AvgIpc) is 3.55. The highest BCUT2D eigenvalue weighted by molar-refractivity contribution is 5.94. The Balaban J connectivity index is 1.47. The van der Waals surface area contributed by atoms with Crippen LogP contribution in [0.15, 0.2) is 30.6 Å². The van der Waals surface area contributed by atoms with Crippen molar-refractivity contribution in [2.75, 3.05) is 24.5 Å². The number of nitrogens with two attached hydrogens (primary N) is 1. The maximum atomic E-state index is 11.9. The van der Waals surface area contributed by atoms with Crippen molar-refractivity contribution in [1.82, 2.24) is 24.2 Å². The number of hydrogen-bond acceptors (Lipinski definition) is 5. The highest BCUT2D eigenvalue weighted by Gasteiger charge is 2.31. The molecule has 180 valence electrons. The molecule has 2 atom stereocenters. The van der Waals surface area contributed by atoms with E-state index in [0.29, 0.717) is 19.5 Å². The summed E-state index contributed by atoms with van der Waals surface area (Å²) in [6, 6.07) is 5.78. The first kappa shape index (κ1) is 22.4. The van der Waals surface area contributed by atoms with Crippen molar-refractivity contribution in [2.24, 2.45) is 11.7 Å². The zero-order valence-corrected chi connectivity index (χ0v) is 19.4. The Morgan fingerprint density at radius 1 is 1.21 bits per heavy atom. The summed E-state index contributed by atoms with van der Waals surface area (Å²) >= 11 is 0. The van der Waals surface area contributed by atoms with E-state index in [1.807, 2.05) is 36.0 Å². The molecule has 2 unspecified atom stereocenters. The number of nitrogens with zero attached hydrogens (tertiary/aromatic N) is 6. The van der Waals surface area contributed by atoms with Gasteiger partial charge < -0.3 is 20.3 Å². The molecule has 10 heteroatoms. The molecule has 5 rings (SSSR count). The number of benzene rings is 1. The number of carbonyl (C=O) groups is 2. The lowest BCUT2D eigenvalue weighted by atomic mass is 9.96. The van der Waals surface area contributed by atoms with Crippen LogP contribution in [0.25, 0.3) is 11.0 Å². The minimum absolute atomic E-state index is 0.0582. The third kappa shape index (κ3) is 4.13. The molecule has 4 heterocycles. The summed E-state index contributed by atoms with van der Waals surface area (Å²) in [4.78, 5) is 32.3. The second-order valence-electron chi connectivity index (χ2n) is 9.36. The zero-order valence-electron chi connectivity index (χ0n) is 19.4. The number of fused-ring (bicyclic) bond motifs is 3. The first-order valence-electron chi connectivity index (χ1n) is 11.9. The molecule has 34 heavy (non-hydrogen) atoms. The number of hydrogen-bond donors (Lipinski definition) is 2. The van der Waals surface area contributed by atoms with Gasteiger partial charge in [-0.25, -0.2) is 9.78 Å². The summed E-state index contributed by atoms with van der Waals surface area (Å²) in [6.45, 7) is 5.78. The van der Waals surface area contributed by atoms with E-state index >= 15 is 0 Å². The third-order valence-corrected chi connectivity index (χ3v) is 7.24. The lowest BCUT2D eigenvalue weighted by molar-refractivity contribution is -0.121. The normalized spacial score (nSPS) is 20.7. The third-order valence-electron chi connectivity index (χ3n) is 7.24. The van der Waals surface area contributed by atoms with Crippen LogP contribution in [0.1, 0.15) is 31.2 Å². The van der Waals surface area contributed by atoms with Gasteiger partial charge >= 0.3 is 6.09 Å². The fraction of sp³-hybridized carbons (Fsp3) is 0.500. The Hall–Kier alpha value is -3.40. The van der Waals surface area contributed by atoms with Crippen molar-refractivity contribution in [2.45, 2.75) is 51.7 Å². The van der Waals surface area contributed by atoms with Gasteiger partial charge in [-0.05, 0) is 50.9 Å². The second-order valence-corrected chi connectivity index (χ2v) is 9.36. The number of aryl methyl sites for hydroxylation is 3. The Morgan fingerprint density at radius 3 is 2.76 bits per heavy atom. The van der Waals surface area contributed by atoms with E-state index in [0.717, 1.165) is 67.0 Å². The molecule has 2 aromatic heterocycles. The van der Waals surface area contributed by atoms with Crippen LogP contribution in [-0.4, -0.2) is 67.0 Å². The maximum Gasteiger partial charge on any atom is 0.412 e. The van der Waals surface area contributed by atoms with Crippen LogP contribution in [0.4, 0.5) is 10.5 Å². The van der Waals surface area contributed by atoms with E-state index in [-0.39, 0.29) is 17.9 Å². The lowest BCUT2D eigenvalue weighted by Crippen LogP contribution is -2.41. The maximum absolute atomic E-state index is 11.9. The van der Waals surface area contributed by atoms with E-state index < -0.39 is 6.09 Å². The monoisotopic (exact) mass is 465 g/mol. The molecule has 0 spiro atoms. The number of carboxylic acid groups (broad SMARTS) is 1. The molecule has 0 radical (unpaired) electrons. The van der Waals surface area contributed by atoms with Crippen molar-refractivity contribution in [3.8, 4) is 0 Å². The van der Waals surface area contributed by atoms with Crippen molar-refractivity contribution >= 4 is 28.7 Å². The summed E-state index contributed by atoms with van der Waals surface area (Å²) in [5.41, 5.74) is 9.17. The molecule has 1 aromatic carbocycles. The predicted molar refractivity (Wildman–Crippen MR) is 128 cm³/mol. The van der Waals surface area contributed by atoms with Gasteiger partial charge in [0.15, 0.2) is 0 Å². The first-order chi connectivity index (χ1) is 16.4. The van der Waals surface area contributed by atoms with Crippen LogP contribution in [0.3, 0.4) is 0 Å². The summed E-state index contributed by atoms with van der Waals surface area (Å²) < 4.78 is 4.14. The van der Waals surface area contributed by atoms with Gasteiger partial charge in [0.2, 0.25) is 5.91 Å². The molecule has 2 aliphatic rings. The van der Waals surface area contributed by atoms with Gasteiger partial charge in [0, 0.05) is 56.6 Å². The van der Waals surface area contributed by atoms with E-state index in [4.69, 9.17) is 10.7 Å². The predicted octanol–water partition coefficient (Wildman–Crippen LogP) is 2.10. The molecule has 2 amide bonds. The topological polar surface area (TPSA) is 123 Å². The number of anilines is 1. The molecule has 3 aromatic rings. The number of carbonyl (C=O) groups excluding carboxylic acids is 1. The quantitative estimate of drug-likeness (QED) is 0.551. The fourth-order valence-corrected chi connectivity index (χ4v) is 5.36. The summed E-state index contributed by atoms with van der Waals surface area (Å²) in [5.74, 6) is 0.666. The van der Waals surface area contributed by atoms with Gasteiger partial charge in [0.1, 0.15) is 5.82 Å².